The first-order chi connectivity index (χ1) is 6.82. The number of nitrogens with two attached hydrogens (primary N) is 1. The Balaban J connectivity index is 2.96. The van der Waals surface area contributed by atoms with Gasteiger partial charge in [-0.1, -0.05) is 35.3 Å². The van der Waals surface area contributed by atoms with E-state index in [9.17, 15) is 8.42 Å². The minimum atomic E-state index is -3.70. The zero-order valence-corrected chi connectivity index (χ0v) is 10.3. The Morgan fingerprint density at radius 2 is 2.00 bits per heavy atom. The van der Waals surface area contributed by atoms with Crippen molar-refractivity contribution in [2.24, 2.45) is 5.14 Å². The van der Waals surface area contributed by atoms with Gasteiger partial charge in [0.2, 0.25) is 0 Å². The van der Waals surface area contributed by atoms with Crippen molar-refractivity contribution < 1.29 is 8.42 Å². The van der Waals surface area contributed by atoms with Crippen LogP contribution >= 0.6 is 23.2 Å². The van der Waals surface area contributed by atoms with Gasteiger partial charge in [-0.05, 0) is 11.6 Å². The molecule has 1 aromatic rings. The van der Waals surface area contributed by atoms with Crippen LogP contribution in [-0.4, -0.2) is 19.8 Å². The van der Waals surface area contributed by atoms with Crippen LogP contribution < -0.4 is 5.14 Å². The lowest BCUT2D eigenvalue weighted by molar-refractivity contribution is 0.468. The predicted molar refractivity (Wildman–Crippen MR) is 61.0 cm³/mol. The van der Waals surface area contributed by atoms with E-state index in [1.165, 1.54) is 7.05 Å². The van der Waals surface area contributed by atoms with Gasteiger partial charge >= 0.3 is 0 Å². The van der Waals surface area contributed by atoms with Gasteiger partial charge in [0.15, 0.2) is 0 Å². The highest BCUT2D eigenvalue weighted by atomic mass is 35.5. The van der Waals surface area contributed by atoms with Gasteiger partial charge in [0.05, 0.1) is 10.0 Å². The zero-order valence-electron chi connectivity index (χ0n) is 7.94. The third kappa shape index (κ3) is 3.32. The summed E-state index contributed by atoms with van der Waals surface area (Å²) in [7, 11) is -2.33. The summed E-state index contributed by atoms with van der Waals surface area (Å²) in [6.07, 6.45) is 0. The molecular weight excluding hydrogens is 259 g/mol. The minimum absolute atomic E-state index is 0.0955. The van der Waals surface area contributed by atoms with Crippen LogP contribution in [0.2, 0.25) is 10.0 Å². The molecule has 0 unspecified atom stereocenters. The summed E-state index contributed by atoms with van der Waals surface area (Å²) >= 11 is 11.7. The fourth-order valence-corrected chi connectivity index (χ4v) is 1.70. The molecule has 0 bridgehead atoms. The standard InChI is InChI=1S/C8H10Cl2N2O2S/c1-12(15(11,13)14)5-6-3-2-4-7(9)8(6)10/h2-4H,5H2,1H3,(H2,11,13,14). The molecule has 0 atom stereocenters. The van der Waals surface area contributed by atoms with Crippen molar-refractivity contribution in [3.63, 3.8) is 0 Å². The van der Waals surface area contributed by atoms with Crippen LogP contribution in [0.1, 0.15) is 5.56 Å². The van der Waals surface area contributed by atoms with Gasteiger partial charge in [-0.15, -0.1) is 0 Å². The van der Waals surface area contributed by atoms with Crippen molar-refractivity contribution in [3.05, 3.63) is 33.8 Å². The third-order valence-electron chi connectivity index (χ3n) is 1.86. The highest BCUT2D eigenvalue weighted by Gasteiger charge is 2.14. The van der Waals surface area contributed by atoms with Gasteiger partial charge in [-0.2, -0.15) is 12.7 Å². The topological polar surface area (TPSA) is 63.4 Å². The lowest BCUT2D eigenvalue weighted by atomic mass is 10.2. The van der Waals surface area contributed by atoms with Crippen molar-refractivity contribution in [2.45, 2.75) is 6.54 Å². The number of hydrogen-bond acceptors (Lipinski definition) is 2. The monoisotopic (exact) mass is 268 g/mol. The third-order valence-corrected chi connectivity index (χ3v) is 3.71. The summed E-state index contributed by atoms with van der Waals surface area (Å²) in [5.41, 5.74) is 0.612. The van der Waals surface area contributed by atoms with Crippen LogP contribution in [0.5, 0.6) is 0 Å². The Labute approximate surface area is 98.8 Å². The molecule has 1 rings (SSSR count). The second-order valence-corrected chi connectivity index (χ2v) is 5.45. The maximum atomic E-state index is 11.0. The molecule has 84 valence electrons. The molecule has 0 saturated carbocycles. The fraction of sp³-hybridized carbons (Fsp3) is 0.250. The van der Waals surface area contributed by atoms with Crippen molar-refractivity contribution in [1.82, 2.24) is 4.31 Å². The molecule has 0 aliphatic heterocycles. The van der Waals surface area contributed by atoms with Crippen molar-refractivity contribution in [2.75, 3.05) is 7.05 Å². The van der Waals surface area contributed by atoms with E-state index in [1.54, 1.807) is 18.2 Å². The summed E-state index contributed by atoms with van der Waals surface area (Å²) < 4.78 is 22.9. The van der Waals surface area contributed by atoms with Gasteiger partial charge in [0, 0.05) is 13.6 Å². The molecule has 0 amide bonds. The van der Waals surface area contributed by atoms with Crippen molar-refractivity contribution in [3.8, 4) is 0 Å². The second kappa shape index (κ2) is 4.67. The second-order valence-electron chi connectivity index (χ2n) is 3.01. The van der Waals surface area contributed by atoms with Crippen LogP contribution in [0.15, 0.2) is 18.2 Å². The SMILES string of the molecule is CN(Cc1cccc(Cl)c1Cl)S(N)(=O)=O. The van der Waals surface area contributed by atoms with E-state index in [-0.39, 0.29) is 6.54 Å². The van der Waals surface area contributed by atoms with Crippen molar-refractivity contribution >= 4 is 33.4 Å². The van der Waals surface area contributed by atoms with Gasteiger partial charge in [-0.3, -0.25) is 0 Å². The molecule has 0 aromatic heterocycles. The quantitative estimate of drug-likeness (QED) is 0.906. The number of halogens is 2. The van der Waals surface area contributed by atoms with E-state index in [0.29, 0.717) is 15.6 Å². The lowest BCUT2D eigenvalue weighted by Crippen LogP contribution is -2.32. The summed E-state index contributed by atoms with van der Waals surface area (Å²) in [4.78, 5) is 0. The van der Waals surface area contributed by atoms with E-state index in [1.807, 2.05) is 0 Å². The first-order valence-electron chi connectivity index (χ1n) is 3.99. The molecule has 0 fully saturated rings. The van der Waals surface area contributed by atoms with E-state index in [4.69, 9.17) is 28.3 Å². The van der Waals surface area contributed by atoms with Crippen LogP contribution in [0, 0.1) is 0 Å². The number of benzene rings is 1. The number of hydrogen-bond donors (Lipinski definition) is 1. The summed E-state index contributed by atoms with van der Waals surface area (Å²) in [6.45, 7) is 0.0955. The molecular formula is C8H10Cl2N2O2S. The predicted octanol–water partition coefficient (Wildman–Crippen LogP) is 1.63. The molecule has 0 radical (unpaired) electrons. The normalized spacial score (nSPS) is 12.1. The molecule has 0 aliphatic carbocycles. The average molecular weight is 269 g/mol. The summed E-state index contributed by atoms with van der Waals surface area (Å²) in [5, 5.41) is 5.67. The summed E-state index contributed by atoms with van der Waals surface area (Å²) in [5.74, 6) is 0. The number of nitrogens with zero attached hydrogens (tertiary/aromatic N) is 1. The van der Waals surface area contributed by atoms with Crippen LogP contribution in [0.4, 0.5) is 0 Å². The minimum Gasteiger partial charge on any atom is -0.216 e. The molecule has 0 saturated heterocycles. The first kappa shape index (κ1) is 12.7. The van der Waals surface area contributed by atoms with Crippen molar-refractivity contribution in [1.29, 1.82) is 0 Å². The van der Waals surface area contributed by atoms with E-state index < -0.39 is 10.2 Å². The molecule has 4 nitrogen and oxygen atoms in total. The maximum Gasteiger partial charge on any atom is 0.276 e. The van der Waals surface area contributed by atoms with E-state index >= 15 is 0 Å². The van der Waals surface area contributed by atoms with Gasteiger partial charge in [0.1, 0.15) is 0 Å². The fourth-order valence-electron chi connectivity index (χ4n) is 1.00. The zero-order chi connectivity index (χ0) is 11.6. The van der Waals surface area contributed by atoms with Gasteiger partial charge < -0.3 is 0 Å². The largest absolute Gasteiger partial charge is 0.276 e. The Bertz CT molecular complexity index is 462. The smallest absolute Gasteiger partial charge is 0.216 e. The molecule has 0 spiro atoms. The van der Waals surface area contributed by atoms with E-state index in [0.717, 1.165) is 4.31 Å². The molecule has 0 aliphatic rings. The molecule has 1 aromatic carbocycles. The Morgan fingerprint density at radius 3 is 2.53 bits per heavy atom. The highest BCUT2D eigenvalue weighted by Crippen LogP contribution is 2.26. The Kier molecular flexibility index (Phi) is 3.97. The van der Waals surface area contributed by atoms with Crippen LogP contribution in [0.3, 0.4) is 0 Å². The first-order valence-corrected chi connectivity index (χ1v) is 6.25. The maximum absolute atomic E-state index is 11.0. The average Bonchev–Trinajstić information content (AvgIpc) is 2.11. The Morgan fingerprint density at radius 1 is 1.40 bits per heavy atom. The molecule has 7 heteroatoms. The molecule has 2 N–H and O–H groups in total. The molecule has 15 heavy (non-hydrogen) atoms. The van der Waals surface area contributed by atoms with Crippen LogP contribution in [0.25, 0.3) is 0 Å². The van der Waals surface area contributed by atoms with E-state index in [2.05, 4.69) is 0 Å². The Hall–Kier alpha value is -0.330. The lowest BCUT2D eigenvalue weighted by Gasteiger charge is -2.14. The highest BCUT2D eigenvalue weighted by molar-refractivity contribution is 7.86. The van der Waals surface area contributed by atoms with Gasteiger partial charge in [-0.25, -0.2) is 5.14 Å². The summed E-state index contributed by atoms with van der Waals surface area (Å²) in [6, 6.07) is 5.01. The molecule has 0 heterocycles. The van der Waals surface area contributed by atoms with Crippen LogP contribution in [-0.2, 0) is 16.8 Å². The number of rotatable bonds is 3. The van der Waals surface area contributed by atoms with Gasteiger partial charge in [0.25, 0.3) is 10.2 Å².